The molecule has 0 saturated heterocycles. The predicted octanol–water partition coefficient (Wildman–Crippen LogP) is 3.03. The van der Waals surface area contributed by atoms with Crippen molar-refractivity contribution in [2.45, 2.75) is 51.0 Å². The fourth-order valence-corrected chi connectivity index (χ4v) is 3.38. The van der Waals surface area contributed by atoms with Gasteiger partial charge in [-0.05, 0) is 43.7 Å². The zero-order valence-electron chi connectivity index (χ0n) is 14.8. The Morgan fingerprint density at radius 1 is 1.35 bits per heavy atom. The number of furan rings is 1. The van der Waals surface area contributed by atoms with Gasteiger partial charge in [0.25, 0.3) is 5.91 Å². The maximum Gasteiger partial charge on any atom is 0.310 e. The Balaban J connectivity index is 1.54. The minimum Gasteiger partial charge on any atom is -0.464 e. The molecule has 1 heterocycles. The van der Waals surface area contributed by atoms with Crippen LogP contribution >= 0.6 is 0 Å². The number of rotatable bonds is 6. The molecule has 3 rings (SSSR count). The normalized spacial score (nSPS) is 15.5. The molecule has 0 aliphatic heterocycles. The van der Waals surface area contributed by atoms with Crippen molar-refractivity contribution in [2.24, 2.45) is 0 Å². The van der Waals surface area contributed by atoms with Gasteiger partial charge in [-0.2, -0.15) is 5.26 Å². The van der Waals surface area contributed by atoms with E-state index in [0.717, 1.165) is 41.4 Å². The topological polar surface area (TPSA) is 92.3 Å². The lowest BCUT2D eigenvalue weighted by Crippen LogP contribution is -2.46. The third kappa shape index (κ3) is 3.88. The van der Waals surface area contributed by atoms with Crippen molar-refractivity contribution in [2.75, 3.05) is 6.61 Å². The van der Waals surface area contributed by atoms with Crippen LogP contribution in [0.15, 0.2) is 28.9 Å². The minimum absolute atomic E-state index is 0.0368. The molecule has 6 heteroatoms. The van der Waals surface area contributed by atoms with Gasteiger partial charge in [-0.25, -0.2) is 0 Å². The van der Waals surface area contributed by atoms with Gasteiger partial charge in [0.2, 0.25) is 0 Å². The molecule has 1 saturated carbocycles. The Bertz CT molecular complexity index is 856. The molecule has 26 heavy (non-hydrogen) atoms. The van der Waals surface area contributed by atoms with E-state index in [1.54, 1.807) is 6.26 Å². The molecule has 0 bridgehead atoms. The van der Waals surface area contributed by atoms with E-state index in [0.29, 0.717) is 12.8 Å². The molecule has 0 unspecified atom stereocenters. The highest BCUT2D eigenvalue weighted by molar-refractivity contribution is 5.87. The van der Waals surface area contributed by atoms with E-state index in [2.05, 4.69) is 18.3 Å². The fraction of sp³-hybridized carbons (Fsp3) is 0.450. The van der Waals surface area contributed by atoms with Crippen molar-refractivity contribution in [1.29, 1.82) is 5.26 Å². The van der Waals surface area contributed by atoms with Crippen LogP contribution in [0.1, 0.15) is 43.7 Å². The van der Waals surface area contributed by atoms with Crippen LogP contribution in [-0.2, 0) is 27.2 Å². The van der Waals surface area contributed by atoms with Crippen LogP contribution in [0.3, 0.4) is 0 Å². The third-order valence-electron chi connectivity index (χ3n) is 4.88. The molecular formula is C20H22N2O4. The van der Waals surface area contributed by atoms with Crippen LogP contribution in [0, 0.1) is 11.3 Å². The number of ether oxygens (including phenoxy) is 1. The molecule has 1 aromatic heterocycles. The second kappa shape index (κ2) is 7.61. The molecule has 0 radical (unpaired) electrons. The predicted molar refractivity (Wildman–Crippen MR) is 95.2 cm³/mol. The van der Waals surface area contributed by atoms with Crippen molar-refractivity contribution in [3.05, 3.63) is 35.6 Å². The van der Waals surface area contributed by atoms with E-state index in [-0.39, 0.29) is 13.0 Å². The molecule has 1 aliphatic rings. The quantitative estimate of drug-likeness (QED) is 0.805. The van der Waals surface area contributed by atoms with Gasteiger partial charge in [0.05, 0.1) is 18.8 Å². The Labute approximate surface area is 152 Å². The highest BCUT2D eigenvalue weighted by Crippen LogP contribution is 2.28. The van der Waals surface area contributed by atoms with E-state index in [1.807, 2.05) is 18.2 Å². The SMILES string of the molecule is CCc1ccc2c(CC(=O)OCC(=O)NC3(C#N)CCCC3)coc2c1. The van der Waals surface area contributed by atoms with Crippen LogP contribution < -0.4 is 5.32 Å². The monoisotopic (exact) mass is 354 g/mol. The number of carbonyl (C=O) groups excluding carboxylic acids is 2. The average Bonchev–Trinajstić information content (AvgIpc) is 3.27. The van der Waals surface area contributed by atoms with Crippen molar-refractivity contribution in [3.63, 3.8) is 0 Å². The number of esters is 1. The van der Waals surface area contributed by atoms with Crippen molar-refractivity contribution in [1.82, 2.24) is 5.32 Å². The molecule has 6 nitrogen and oxygen atoms in total. The number of aryl methyl sites for hydroxylation is 1. The number of nitrogens with one attached hydrogen (secondary N) is 1. The summed E-state index contributed by atoms with van der Waals surface area (Å²) in [6.07, 6.45) is 5.62. The number of carbonyl (C=O) groups is 2. The molecule has 1 fully saturated rings. The van der Waals surface area contributed by atoms with E-state index in [1.165, 1.54) is 0 Å². The molecule has 136 valence electrons. The number of hydrogen-bond acceptors (Lipinski definition) is 5. The number of nitrogens with zero attached hydrogens (tertiary/aromatic N) is 1. The van der Waals surface area contributed by atoms with Gasteiger partial charge >= 0.3 is 5.97 Å². The van der Waals surface area contributed by atoms with Gasteiger partial charge < -0.3 is 14.5 Å². The number of amides is 1. The summed E-state index contributed by atoms with van der Waals surface area (Å²) in [5.74, 6) is -0.939. The van der Waals surface area contributed by atoms with Crippen molar-refractivity contribution in [3.8, 4) is 6.07 Å². The summed E-state index contributed by atoms with van der Waals surface area (Å²) in [5, 5.41) is 12.8. The van der Waals surface area contributed by atoms with E-state index < -0.39 is 17.4 Å². The Morgan fingerprint density at radius 3 is 2.81 bits per heavy atom. The smallest absolute Gasteiger partial charge is 0.310 e. The first kappa shape index (κ1) is 18.0. The maximum absolute atomic E-state index is 12.1. The zero-order chi connectivity index (χ0) is 18.6. The Hall–Kier alpha value is -2.81. The minimum atomic E-state index is -0.804. The second-order valence-corrected chi connectivity index (χ2v) is 6.73. The van der Waals surface area contributed by atoms with Crippen LogP contribution in [-0.4, -0.2) is 24.0 Å². The summed E-state index contributed by atoms with van der Waals surface area (Å²) in [5.41, 5.74) is 1.83. The average molecular weight is 354 g/mol. The van der Waals surface area contributed by atoms with E-state index >= 15 is 0 Å². The lowest BCUT2D eigenvalue weighted by atomic mass is 10.00. The first-order chi connectivity index (χ1) is 12.5. The zero-order valence-corrected chi connectivity index (χ0v) is 14.8. The van der Waals surface area contributed by atoms with E-state index in [4.69, 9.17) is 9.15 Å². The van der Waals surface area contributed by atoms with Crippen molar-refractivity contribution >= 4 is 22.8 Å². The second-order valence-electron chi connectivity index (χ2n) is 6.73. The number of hydrogen-bond donors (Lipinski definition) is 1. The summed E-state index contributed by atoms with van der Waals surface area (Å²) in [6, 6.07) is 8.07. The number of fused-ring (bicyclic) bond motifs is 1. The van der Waals surface area contributed by atoms with Crippen LogP contribution in [0.5, 0.6) is 0 Å². The van der Waals surface area contributed by atoms with Crippen LogP contribution in [0.2, 0.25) is 0 Å². The summed E-state index contributed by atoms with van der Waals surface area (Å²) < 4.78 is 10.6. The van der Waals surface area contributed by atoms with Crippen LogP contribution in [0.25, 0.3) is 11.0 Å². The van der Waals surface area contributed by atoms with Crippen molar-refractivity contribution < 1.29 is 18.7 Å². The van der Waals surface area contributed by atoms with Gasteiger partial charge in [0.1, 0.15) is 11.1 Å². The van der Waals surface area contributed by atoms with Crippen LogP contribution in [0.4, 0.5) is 0 Å². The molecular weight excluding hydrogens is 332 g/mol. The van der Waals surface area contributed by atoms with Gasteiger partial charge in [-0.3, -0.25) is 9.59 Å². The first-order valence-electron chi connectivity index (χ1n) is 8.92. The highest BCUT2D eigenvalue weighted by Gasteiger charge is 2.35. The first-order valence-corrected chi connectivity index (χ1v) is 8.92. The standard InChI is InChI=1S/C20H22N2O4/c1-2-14-5-6-16-15(11-25-17(16)9-14)10-19(24)26-12-18(23)22-20(13-21)7-3-4-8-20/h5-6,9,11H,2-4,7-8,10,12H2,1H3,(H,22,23). The Morgan fingerprint density at radius 2 is 2.12 bits per heavy atom. The Kier molecular flexibility index (Phi) is 5.27. The lowest BCUT2D eigenvalue weighted by molar-refractivity contribution is -0.148. The van der Waals surface area contributed by atoms with E-state index in [9.17, 15) is 14.9 Å². The van der Waals surface area contributed by atoms with Gasteiger partial charge in [-0.1, -0.05) is 19.1 Å². The largest absolute Gasteiger partial charge is 0.464 e. The molecule has 2 aromatic rings. The van der Waals surface area contributed by atoms with Gasteiger partial charge in [0.15, 0.2) is 6.61 Å². The highest BCUT2D eigenvalue weighted by atomic mass is 16.5. The molecule has 0 spiro atoms. The summed E-state index contributed by atoms with van der Waals surface area (Å²) in [7, 11) is 0. The van der Waals surface area contributed by atoms with Gasteiger partial charge in [-0.15, -0.1) is 0 Å². The number of nitriles is 1. The summed E-state index contributed by atoms with van der Waals surface area (Å²) in [6.45, 7) is 1.69. The molecule has 0 atom stereocenters. The molecule has 1 amide bonds. The molecule has 1 aliphatic carbocycles. The maximum atomic E-state index is 12.1. The lowest BCUT2D eigenvalue weighted by Gasteiger charge is -2.21. The summed E-state index contributed by atoms with van der Waals surface area (Å²) >= 11 is 0. The molecule has 1 N–H and O–H groups in total. The molecule has 1 aromatic carbocycles. The summed E-state index contributed by atoms with van der Waals surface area (Å²) in [4.78, 5) is 24.1. The third-order valence-corrected chi connectivity index (χ3v) is 4.88. The fourth-order valence-electron chi connectivity index (χ4n) is 3.38. The van der Waals surface area contributed by atoms with Gasteiger partial charge in [0, 0.05) is 10.9 Å². The number of benzene rings is 1.